The van der Waals surface area contributed by atoms with E-state index in [1.54, 1.807) is 0 Å². The van der Waals surface area contributed by atoms with Gasteiger partial charge in [-0.05, 0) is 30.6 Å². The molecule has 6 heteroatoms. The SMILES string of the molecule is CC(C)CC1(CNC(=O)c2nc[nH]c2C(=O)O)CCCC1. The highest BCUT2D eigenvalue weighted by Gasteiger charge is 2.35. The monoisotopic (exact) mass is 293 g/mol. The predicted octanol–water partition coefficient (Wildman–Crippen LogP) is 2.44. The van der Waals surface area contributed by atoms with Gasteiger partial charge >= 0.3 is 5.97 Å². The van der Waals surface area contributed by atoms with Crippen molar-refractivity contribution >= 4 is 11.9 Å². The summed E-state index contributed by atoms with van der Waals surface area (Å²) in [6.07, 6.45) is 6.96. The first-order valence-corrected chi connectivity index (χ1v) is 7.48. The molecule has 0 atom stereocenters. The molecule has 2 rings (SSSR count). The summed E-state index contributed by atoms with van der Waals surface area (Å²) in [7, 11) is 0. The lowest BCUT2D eigenvalue weighted by atomic mass is 9.78. The lowest BCUT2D eigenvalue weighted by Crippen LogP contribution is -2.37. The molecule has 0 spiro atoms. The Balaban J connectivity index is 2.02. The van der Waals surface area contributed by atoms with E-state index in [-0.39, 0.29) is 16.8 Å². The van der Waals surface area contributed by atoms with E-state index in [2.05, 4.69) is 29.1 Å². The number of nitrogens with zero attached hydrogens (tertiary/aromatic N) is 1. The standard InChI is InChI=1S/C15H23N3O3/c1-10(2)7-15(5-3-4-6-15)8-16-13(19)11-12(14(20)21)18-9-17-11/h9-10H,3-8H2,1-2H3,(H,16,19)(H,17,18)(H,20,21). The van der Waals surface area contributed by atoms with E-state index < -0.39 is 11.9 Å². The molecule has 1 aromatic heterocycles. The van der Waals surface area contributed by atoms with Gasteiger partial charge < -0.3 is 15.4 Å². The van der Waals surface area contributed by atoms with Crippen molar-refractivity contribution < 1.29 is 14.7 Å². The Morgan fingerprint density at radius 1 is 1.43 bits per heavy atom. The van der Waals surface area contributed by atoms with Crippen LogP contribution in [-0.2, 0) is 0 Å². The third kappa shape index (κ3) is 3.62. The van der Waals surface area contributed by atoms with Gasteiger partial charge in [-0.15, -0.1) is 0 Å². The van der Waals surface area contributed by atoms with Crippen LogP contribution in [0.2, 0.25) is 0 Å². The van der Waals surface area contributed by atoms with Gasteiger partial charge in [0.15, 0.2) is 11.4 Å². The highest BCUT2D eigenvalue weighted by molar-refractivity contribution is 6.02. The Labute approximate surface area is 124 Å². The van der Waals surface area contributed by atoms with E-state index >= 15 is 0 Å². The second-order valence-electron chi connectivity index (χ2n) is 6.42. The van der Waals surface area contributed by atoms with Crippen LogP contribution in [0.15, 0.2) is 6.33 Å². The van der Waals surface area contributed by atoms with E-state index in [0.29, 0.717) is 12.5 Å². The number of carboxylic acids is 1. The maximum Gasteiger partial charge on any atom is 0.354 e. The third-order valence-corrected chi connectivity index (χ3v) is 4.20. The van der Waals surface area contributed by atoms with Gasteiger partial charge in [-0.1, -0.05) is 26.7 Å². The first-order valence-electron chi connectivity index (χ1n) is 7.48. The smallest absolute Gasteiger partial charge is 0.354 e. The Hall–Kier alpha value is -1.85. The number of rotatable bonds is 6. The van der Waals surface area contributed by atoms with E-state index in [1.165, 1.54) is 19.2 Å². The fraction of sp³-hybridized carbons (Fsp3) is 0.667. The van der Waals surface area contributed by atoms with Crippen molar-refractivity contribution in [3.05, 3.63) is 17.7 Å². The Bertz CT molecular complexity index is 516. The van der Waals surface area contributed by atoms with E-state index in [4.69, 9.17) is 5.11 Å². The highest BCUT2D eigenvalue weighted by Crippen LogP contribution is 2.42. The van der Waals surface area contributed by atoms with Crippen molar-refractivity contribution in [1.82, 2.24) is 15.3 Å². The molecule has 21 heavy (non-hydrogen) atoms. The number of hydrogen-bond acceptors (Lipinski definition) is 3. The number of aromatic nitrogens is 2. The minimum Gasteiger partial charge on any atom is -0.477 e. The van der Waals surface area contributed by atoms with Gasteiger partial charge in [-0.2, -0.15) is 0 Å². The highest BCUT2D eigenvalue weighted by atomic mass is 16.4. The zero-order valence-corrected chi connectivity index (χ0v) is 12.6. The largest absolute Gasteiger partial charge is 0.477 e. The number of amides is 1. The molecule has 116 valence electrons. The number of carbonyl (C=O) groups excluding carboxylic acids is 1. The quantitative estimate of drug-likeness (QED) is 0.750. The van der Waals surface area contributed by atoms with Gasteiger partial charge in [0.25, 0.3) is 5.91 Å². The lowest BCUT2D eigenvalue weighted by Gasteiger charge is -2.31. The van der Waals surface area contributed by atoms with Crippen LogP contribution in [0, 0.1) is 11.3 Å². The van der Waals surface area contributed by atoms with Gasteiger partial charge in [-0.3, -0.25) is 4.79 Å². The Morgan fingerprint density at radius 3 is 2.67 bits per heavy atom. The second-order valence-corrected chi connectivity index (χ2v) is 6.42. The number of imidazole rings is 1. The van der Waals surface area contributed by atoms with Crippen LogP contribution in [0.25, 0.3) is 0 Å². The summed E-state index contributed by atoms with van der Waals surface area (Å²) in [5, 5.41) is 11.9. The van der Waals surface area contributed by atoms with Crippen LogP contribution < -0.4 is 5.32 Å². The summed E-state index contributed by atoms with van der Waals surface area (Å²) < 4.78 is 0. The molecule has 0 bridgehead atoms. The van der Waals surface area contributed by atoms with Crippen molar-refractivity contribution in [2.75, 3.05) is 6.54 Å². The van der Waals surface area contributed by atoms with E-state index in [9.17, 15) is 9.59 Å². The maximum absolute atomic E-state index is 12.2. The first kappa shape index (κ1) is 15.5. The van der Waals surface area contributed by atoms with Gasteiger partial charge in [0.2, 0.25) is 0 Å². The van der Waals surface area contributed by atoms with Crippen LogP contribution in [0.3, 0.4) is 0 Å². The van der Waals surface area contributed by atoms with Crippen LogP contribution in [0.1, 0.15) is 66.9 Å². The minimum atomic E-state index is -1.17. The van der Waals surface area contributed by atoms with Crippen molar-refractivity contribution in [3.63, 3.8) is 0 Å². The molecule has 0 aliphatic heterocycles. The number of carboxylic acid groups (broad SMARTS) is 1. The van der Waals surface area contributed by atoms with Crippen LogP contribution in [0.5, 0.6) is 0 Å². The van der Waals surface area contributed by atoms with Crippen molar-refractivity contribution in [2.24, 2.45) is 11.3 Å². The van der Waals surface area contributed by atoms with Crippen molar-refractivity contribution in [3.8, 4) is 0 Å². The third-order valence-electron chi connectivity index (χ3n) is 4.20. The molecule has 0 aromatic carbocycles. The zero-order chi connectivity index (χ0) is 15.5. The molecule has 3 N–H and O–H groups in total. The number of nitrogens with one attached hydrogen (secondary N) is 2. The molecule has 1 heterocycles. The molecule has 6 nitrogen and oxygen atoms in total. The van der Waals surface area contributed by atoms with Gasteiger partial charge in [0.05, 0.1) is 6.33 Å². The zero-order valence-electron chi connectivity index (χ0n) is 12.6. The first-order chi connectivity index (χ1) is 9.93. The number of aromatic amines is 1. The van der Waals surface area contributed by atoms with Crippen molar-refractivity contribution in [1.29, 1.82) is 0 Å². The molecule has 1 aliphatic rings. The summed E-state index contributed by atoms with van der Waals surface area (Å²) in [6, 6.07) is 0. The van der Waals surface area contributed by atoms with Crippen LogP contribution in [0.4, 0.5) is 0 Å². The predicted molar refractivity (Wildman–Crippen MR) is 78.2 cm³/mol. The fourth-order valence-corrected chi connectivity index (χ4v) is 3.43. The molecule has 1 aromatic rings. The van der Waals surface area contributed by atoms with E-state index in [1.807, 2.05) is 0 Å². The molecule has 0 saturated heterocycles. The fourth-order valence-electron chi connectivity index (χ4n) is 3.43. The van der Waals surface area contributed by atoms with E-state index in [0.717, 1.165) is 19.3 Å². The number of H-pyrrole nitrogens is 1. The topological polar surface area (TPSA) is 95.1 Å². The van der Waals surface area contributed by atoms with Gasteiger partial charge in [0, 0.05) is 6.54 Å². The minimum absolute atomic E-state index is 0.0415. The molecular weight excluding hydrogens is 270 g/mol. The summed E-state index contributed by atoms with van der Waals surface area (Å²) in [6.45, 7) is 4.98. The second kappa shape index (κ2) is 6.28. The number of aromatic carboxylic acids is 1. The molecule has 1 fully saturated rings. The average molecular weight is 293 g/mol. The summed E-state index contributed by atoms with van der Waals surface area (Å²) >= 11 is 0. The molecule has 1 saturated carbocycles. The molecular formula is C15H23N3O3. The normalized spacial score (nSPS) is 17.1. The Morgan fingerprint density at radius 2 is 2.10 bits per heavy atom. The molecule has 1 aliphatic carbocycles. The lowest BCUT2D eigenvalue weighted by molar-refractivity contribution is 0.0684. The van der Waals surface area contributed by atoms with Crippen LogP contribution >= 0.6 is 0 Å². The molecule has 1 amide bonds. The summed E-state index contributed by atoms with van der Waals surface area (Å²) in [5.74, 6) is -1.00. The summed E-state index contributed by atoms with van der Waals surface area (Å²) in [5.41, 5.74) is -0.0409. The Kier molecular flexibility index (Phi) is 4.65. The number of carbonyl (C=O) groups is 2. The van der Waals surface area contributed by atoms with Gasteiger partial charge in [0.1, 0.15) is 0 Å². The summed E-state index contributed by atoms with van der Waals surface area (Å²) in [4.78, 5) is 29.5. The van der Waals surface area contributed by atoms with Crippen LogP contribution in [-0.4, -0.2) is 33.5 Å². The average Bonchev–Trinajstić information content (AvgIpc) is 3.04. The van der Waals surface area contributed by atoms with Gasteiger partial charge in [-0.25, -0.2) is 9.78 Å². The molecule has 0 unspecified atom stereocenters. The maximum atomic E-state index is 12.2. The molecule has 0 radical (unpaired) electrons. The van der Waals surface area contributed by atoms with Crippen molar-refractivity contribution in [2.45, 2.75) is 46.0 Å². The number of hydrogen-bond donors (Lipinski definition) is 3.